The van der Waals surface area contributed by atoms with Crippen molar-refractivity contribution in [3.05, 3.63) is 82.3 Å². The molecule has 0 bridgehead atoms. The summed E-state index contributed by atoms with van der Waals surface area (Å²) < 4.78 is 12.1. The molecule has 0 saturated carbocycles. The molecule has 1 N–H and O–H groups in total. The number of anilines is 1. The molecule has 2 aromatic carbocycles. The van der Waals surface area contributed by atoms with Crippen LogP contribution in [0.25, 0.3) is 0 Å². The van der Waals surface area contributed by atoms with Gasteiger partial charge >= 0.3 is 0 Å². The summed E-state index contributed by atoms with van der Waals surface area (Å²) in [5, 5.41) is 7.40. The van der Waals surface area contributed by atoms with E-state index in [1.165, 1.54) is 4.68 Å². The predicted octanol–water partition coefficient (Wildman–Crippen LogP) is 2.84. The zero-order valence-electron chi connectivity index (χ0n) is 19.6. The molecule has 8 nitrogen and oxygen atoms in total. The molecule has 4 rings (SSSR count). The first kappa shape index (κ1) is 23.4. The van der Waals surface area contributed by atoms with Gasteiger partial charge in [-0.05, 0) is 36.1 Å². The summed E-state index contributed by atoms with van der Waals surface area (Å²) in [5.41, 5.74) is 2.53. The van der Waals surface area contributed by atoms with Crippen molar-refractivity contribution in [2.24, 2.45) is 5.92 Å². The first-order chi connectivity index (χ1) is 16.6. The van der Waals surface area contributed by atoms with Crippen LogP contribution in [0.4, 0.5) is 5.69 Å². The maximum Gasteiger partial charge on any atom is 0.269 e. The molecule has 0 spiro atoms. The number of rotatable bonds is 8. The van der Waals surface area contributed by atoms with Crippen molar-refractivity contribution in [3.8, 4) is 11.5 Å². The third kappa shape index (κ3) is 5.75. The molecule has 178 valence electrons. The number of piperidine rings is 1. The quantitative estimate of drug-likeness (QED) is 0.554. The number of aromatic nitrogens is 2. The molecule has 0 aliphatic carbocycles. The van der Waals surface area contributed by atoms with Gasteiger partial charge in [-0.2, -0.15) is 5.10 Å². The minimum atomic E-state index is -0.159. The molecule has 1 aliphatic heterocycles. The molecule has 8 heteroatoms. The van der Waals surface area contributed by atoms with E-state index >= 15 is 0 Å². The summed E-state index contributed by atoms with van der Waals surface area (Å²) in [6.45, 7) is 2.16. The van der Waals surface area contributed by atoms with Gasteiger partial charge in [0, 0.05) is 31.8 Å². The molecule has 1 saturated heterocycles. The number of hydrogen-bond donors (Lipinski definition) is 1. The predicted molar refractivity (Wildman–Crippen MR) is 130 cm³/mol. The first-order valence-corrected chi connectivity index (χ1v) is 11.4. The van der Waals surface area contributed by atoms with Gasteiger partial charge in [-0.25, -0.2) is 4.68 Å². The van der Waals surface area contributed by atoms with E-state index < -0.39 is 0 Å². The summed E-state index contributed by atoms with van der Waals surface area (Å²) in [7, 11) is 3.20. The molecule has 1 aliphatic rings. The fraction of sp³-hybridized carbons (Fsp3) is 0.346. The van der Waals surface area contributed by atoms with Gasteiger partial charge in [0.05, 0.1) is 38.6 Å². The average Bonchev–Trinajstić information content (AvgIpc) is 2.88. The van der Waals surface area contributed by atoms with Crippen molar-refractivity contribution in [2.75, 3.05) is 32.2 Å². The summed E-state index contributed by atoms with van der Waals surface area (Å²) in [4.78, 5) is 27.6. The van der Waals surface area contributed by atoms with Crippen LogP contribution in [-0.2, 0) is 17.9 Å². The van der Waals surface area contributed by atoms with Crippen LogP contribution in [-0.4, -0.2) is 43.0 Å². The van der Waals surface area contributed by atoms with Gasteiger partial charge in [0.25, 0.3) is 5.56 Å². The number of carbonyl (C=O) groups is 1. The van der Waals surface area contributed by atoms with Crippen LogP contribution >= 0.6 is 0 Å². The van der Waals surface area contributed by atoms with Crippen LogP contribution in [0.15, 0.2) is 65.6 Å². The number of nitrogens with one attached hydrogen (secondary N) is 1. The van der Waals surface area contributed by atoms with E-state index in [9.17, 15) is 9.59 Å². The molecule has 1 amide bonds. The molecule has 2 heterocycles. The van der Waals surface area contributed by atoms with Crippen LogP contribution in [0, 0.1) is 5.92 Å². The summed E-state index contributed by atoms with van der Waals surface area (Å²) >= 11 is 0. The maximum absolute atomic E-state index is 12.9. The Hall–Kier alpha value is -3.81. The lowest BCUT2D eigenvalue weighted by molar-refractivity contribution is -0.125. The zero-order chi connectivity index (χ0) is 23.9. The Morgan fingerprint density at radius 2 is 1.79 bits per heavy atom. The fourth-order valence-corrected chi connectivity index (χ4v) is 4.20. The lowest BCUT2D eigenvalue weighted by atomic mass is 9.96. The third-order valence-corrected chi connectivity index (χ3v) is 6.07. The SMILES string of the molecule is COc1cc(CNC(=O)[C@@H]2CCCN(c3cnn(Cc4ccccc4)c(=O)c3)C2)cc(OC)c1. The number of ether oxygens (including phenoxy) is 2. The third-order valence-electron chi connectivity index (χ3n) is 6.07. The van der Waals surface area contributed by atoms with Crippen molar-refractivity contribution >= 4 is 11.6 Å². The van der Waals surface area contributed by atoms with Gasteiger partial charge in [0.1, 0.15) is 11.5 Å². The van der Waals surface area contributed by atoms with E-state index in [0.29, 0.717) is 31.1 Å². The van der Waals surface area contributed by atoms with E-state index in [4.69, 9.17) is 9.47 Å². The molecular formula is C26H30N4O4. The van der Waals surface area contributed by atoms with E-state index in [0.717, 1.165) is 36.2 Å². The second-order valence-corrected chi connectivity index (χ2v) is 8.42. The highest BCUT2D eigenvalue weighted by Crippen LogP contribution is 2.24. The van der Waals surface area contributed by atoms with E-state index in [-0.39, 0.29) is 17.4 Å². The highest BCUT2D eigenvalue weighted by atomic mass is 16.5. The van der Waals surface area contributed by atoms with E-state index in [1.807, 2.05) is 42.5 Å². The van der Waals surface area contributed by atoms with Crippen LogP contribution in [0.3, 0.4) is 0 Å². The number of nitrogens with zero attached hydrogens (tertiary/aromatic N) is 3. The Morgan fingerprint density at radius 1 is 1.06 bits per heavy atom. The molecule has 3 aromatic rings. The molecule has 0 radical (unpaired) electrons. The molecule has 1 atom stereocenters. The van der Waals surface area contributed by atoms with Gasteiger partial charge in [-0.1, -0.05) is 30.3 Å². The largest absolute Gasteiger partial charge is 0.497 e. The highest BCUT2D eigenvalue weighted by Gasteiger charge is 2.26. The van der Waals surface area contributed by atoms with E-state index in [2.05, 4.69) is 15.3 Å². The van der Waals surface area contributed by atoms with Crippen molar-refractivity contribution < 1.29 is 14.3 Å². The fourth-order valence-electron chi connectivity index (χ4n) is 4.20. The molecule has 1 fully saturated rings. The number of benzene rings is 2. The minimum Gasteiger partial charge on any atom is -0.497 e. The normalized spacial score (nSPS) is 15.6. The number of amides is 1. The number of carbonyl (C=O) groups excluding carboxylic acids is 1. The van der Waals surface area contributed by atoms with Crippen molar-refractivity contribution in [1.82, 2.24) is 15.1 Å². The molecule has 0 unspecified atom stereocenters. The monoisotopic (exact) mass is 462 g/mol. The maximum atomic E-state index is 12.9. The number of methoxy groups -OCH3 is 2. The molecular weight excluding hydrogens is 432 g/mol. The lowest BCUT2D eigenvalue weighted by Crippen LogP contribution is -2.43. The highest BCUT2D eigenvalue weighted by molar-refractivity contribution is 5.79. The second-order valence-electron chi connectivity index (χ2n) is 8.42. The summed E-state index contributed by atoms with van der Waals surface area (Å²) in [6.07, 6.45) is 3.40. The second kappa shape index (κ2) is 10.9. The van der Waals surface area contributed by atoms with E-state index in [1.54, 1.807) is 32.5 Å². The minimum absolute atomic E-state index is 0.00290. The van der Waals surface area contributed by atoms with Crippen molar-refractivity contribution in [1.29, 1.82) is 0 Å². The van der Waals surface area contributed by atoms with Gasteiger partial charge in [-0.15, -0.1) is 0 Å². The Balaban J connectivity index is 1.38. The lowest BCUT2D eigenvalue weighted by Gasteiger charge is -2.33. The Bertz CT molecular complexity index is 1160. The van der Waals surface area contributed by atoms with Crippen molar-refractivity contribution in [3.63, 3.8) is 0 Å². The average molecular weight is 463 g/mol. The van der Waals surface area contributed by atoms with Crippen molar-refractivity contribution in [2.45, 2.75) is 25.9 Å². The Labute approximate surface area is 199 Å². The van der Waals surface area contributed by atoms with Gasteiger partial charge in [0.2, 0.25) is 5.91 Å². The van der Waals surface area contributed by atoms with Crippen LogP contribution in [0.2, 0.25) is 0 Å². The number of hydrogen-bond acceptors (Lipinski definition) is 6. The van der Waals surface area contributed by atoms with Crippen LogP contribution < -0.4 is 25.2 Å². The zero-order valence-corrected chi connectivity index (χ0v) is 19.6. The van der Waals surface area contributed by atoms with Gasteiger partial charge in [0.15, 0.2) is 0 Å². The van der Waals surface area contributed by atoms with Crippen LogP contribution in [0.5, 0.6) is 11.5 Å². The Kier molecular flexibility index (Phi) is 7.47. The molecule has 34 heavy (non-hydrogen) atoms. The first-order valence-electron chi connectivity index (χ1n) is 11.4. The summed E-state index contributed by atoms with van der Waals surface area (Å²) in [5.74, 6) is 1.20. The Morgan fingerprint density at radius 3 is 2.47 bits per heavy atom. The van der Waals surface area contributed by atoms with Crippen LogP contribution in [0.1, 0.15) is 24.0 Å². The van der Waals surface area contributed by atoms with Gasteiger partial charge in [-0.3, -0.25) is 9.59 Å². The smallest absolute Gasteiger partial charge is 0.269 e. The standard InChI is InChI=1S/C26H30N4O4/c1-33-23-11-20(12-24(14-23)34-2)15-27-26(32)21-9-6-10-29(18-21)22-13-25(31)30(28-16-22)17-19-7-4-3-5-8-19/h3-5,7-8,11-14,16,21H,6,9-10,15,17-18H2,1-2H3,(H,27,32)/t21-/m1/s1. The topological polar surface area (TPSA) is 85.7 Å². The summed E-state index contributed by atoms with van der Waals surface area (Å²) in [6, 6.07) is 16.9. The molecule has 1 aromatic heterocycles. The van der Waals surface area contributed by atoms with Gasteiger partial charge < -0.3 is 19.7 Å².